The Bertz CT molecular complexity index is 1280. The number of hydrazine groups is 1. The third kappa shape index (κ3) is 6.44. The summed E-state index contributed by atoms with van der Waals surface area (Å²) in [6.45, 7) is 0.521. The number of fused-ring (bicyclic) bond motifs is 1. The first kappa shape index (κ1) is 26.1. The van der Waals surface area contributed by atoms with E-state index < -0.39 is 17.8 Å². The SMILES string of the molecule is N/C(=C\N(N)C(CC(=O)NO)Cc1ccc2ccccc2c1)C1CCCCN1C(=O)c1ccc(F)cc1. The van der Waals surface area contributed by atoms with Crippen LogP contribution in [0.25, 0.3) is 10.8 Å². The van der Waals surface area contributed by atoms with Crippen molar-refractivity contribution in [2.75, 3.05) is 6.54 Å². The van der Waals surface area contributed by atoms with E-state index in [0.717, 1.165) is 29.2 Å². The number of amides is 2. The highest BCUT2D eigenvalue weighted by Crippen LogP contribution is 2.24. The largest absolute Gasteiger partial charge is 0.399 e. The first-order valence-electron chi connectivity index (χ1n) is 12.3. The van der Waals surface area contributed by atoms with Crippen molar-refractivity contribution in [1.82, 2.24) is 15.4 Å². The summed E-state index contributed by atoms with van der Waals surface area (Å²) < 4.78 is 13.3. The molecule has 0 aromatic heterocycles. The molecule has 1 aliphatic heterocycles. The number of nitrogens with one attached hydrogen (secondary N) is 1. The van der Waals surface area contributed by atoms with Gasteiger partial charge in [0.1, 0.15) is 5.82 Å². The standard InChI is InChI=1S/C28H32FN5O3/c29-23-12-10-21(11-13-23)28(36)33-14-4-3-7-26(33)25(30)18-34(31)24(17-27(35)32-37)16-19-8-9-20-5-1-2-6-22(20)15-19/h1-2,5-6,8-13,15,18,24,26,37H,3-4,7,14,16-17,30-31H2,(H,32,35)/b25-18-. The monoisotopic (exact) mass is 505 g/mol. The summed E-state index contributed by atoms with van der Waals surface area (Å²) in [6.07, 6.45) is 4.33. The van der Waals surface area contributed by atoms with Crippen LogP contribution in [0.3, 0.4) is 0 Å². The molecule has 37 heavy (non-hydrogen) atoms. The molecule has 2 unspecified atom stereocenters. The summed E-state index contributed by atoms with van der Waals surface area (Å²) >= 11 is 0. The summed E-state index contributed by atoms with van der Waals surface area (Å²) in [5.41, 5.74) is 9.92. The van der Waals surface area contributed by atoms with Crippen molar-refractivity contribution in [3.8, 4) is 0 Å². The van der Waals surface area contributed by atoms with Gasteiger partial charge in [-0.05, 0) is 66.3 Å². The summed E-state index contributed by atoms with van der Waals surface area (Å²) in [4.78, 5) is 26.9. The van der Waals surface area contributed by atoms with Crippen LogP contribution in [0, 0.1) is 5.82 Å². The van der Waals surface area contributed by atoms with Gasteiger partial charge in [-0.25, -0.2) is 15.7 Å². The first-order chi connectivity index (χ1) is 17.9. The molecule has 1 fully saturated rings. The molecule has 2 atom stereocenters. The van der Waals surface area contributed by atoms with Crippen molar-refractivity contribution >= 4 is 22.6 Å². The third-order valence-corrected chi connectivity index (χ3v) is 6.79. The number of hydroxylamine groups is 1. The van der Waals surface area contributed by atoms with Gasteiger partial charge >= 0.3 is 0 Å². The highest BCUT2D eigenvalue weighted by molar-refractivity contribution is 5.94. The van der Waals surface area contributed by atoms with Crippen LogP contribution < -0.4 is 17.1 Å². The van der Waals surface area contributed by atoms with Crippen LogP contribution in [-0.2, 0) is 11.2 Å². The smallest absolute Gasteiger partial charge is 0.254 e. The van der Waals surface area contributed by atoms with E-state index in [0.29, 0.717) is 30.6 Å². The van der Waals surface area contributed by atoms with E-state index in [1.165, 1.54) is 29.3 Å². The number of nitrogens with zero attached hydrogens (tertiary/aromatic N) is 2. The second-order valence-electron chi connectivity index (χ2n) is 9.37. The molecule has 0 bridgehead atoms. The molecule has 0 saturated carbocycles. The van der Waals surface area contributed by atoms with Crippen LogP contribution in [0.1, 0.15) is 41.6 Å². The fourth-order valence-electron chi connectivity index (χ4n) is 4.82. The van der Waals surface area contributed by atoms with Crippen molar-refractivity contribution in [1.29, 1.82) is 0 Å². The van der Waals surface area contributed by atoms with Crippen LogP contribution in [0.15, 0.2) is 78.6 Å². The number of benzene rings is 3. The van der Waals surface area contributed by atoms with E-state index in [1.807, 2.05) is 42.5 Å². The van der Waals surface area contributed by atoms with Crippen molar-refractivity contribution in [3.63, 3.8) is 0 Å². The molecule has 4 rings (SSSR count). The average molecular weight is 506 g/mol. The van der Waals surface area contributed by atoms with Gasteiger partial charge in [-0.15, -0.1) is 0 Å². The zero-order chi connectivity index (χ0) is 26.4. The minimum absolute atomic E-state index is 0.0630. The predicted molar refractivity (Wildman–Crippen MR) is 139 cm³/mol. The molecule has 1 saturated heterocycles. The Balaban J connectivity index is 1.55. The van der Waals surface area contributed by atoms with E-state index in [4.69, 9.17) is 16.8 Å². The number of rotatable bonds is 8. The van der Waals surface area contributed by atoms with Crippen molar-refractivity contribution in [2.45, 2.75) is 44.2 Å². The second-order valence-corrected chi connectivity index (χ2v) is 9.37. The van der Waals surface area contributed by atoms with Crippen LogP contribution in [0.2, 0.25) is 0 Å². The molecule has 6 N–H and O–H groups in total. The van der Waals surface area contributed by atoms with Gasteiger partial charge in [0.05, 0.1) is 18.5 Å². The molecule has 3 aromatic carbocycles. The Morgan fingerprint density at radius 2 is 1.84 bits per heavy atom. The van der Waals surface area contributed by atoms with Gasteiger partial charge in [0.2, 0.25) is 5.91 Å². The molecule has 1 aliphatic rings. The van der Waals surface area contributed by atoms with Gasteiger partial charge in [0, 0.05) is 24.0 Å². The fraction of sp³-hybridized carbons (Fsp3) is 0.286. The molecule has 0 radical (unpaired) electrons. The minimum Gasteiger partial charge on any atom is -0.399 e. The maximum Gasteiger partial charge on any atom is 0.254 e. The number of likely N-dealkylation sites (tertiary alicyclic amines) is 1. The van der Waals surface area contributed by atoms with E-state index >= 15 is 0 Å². The summed E-state index contributed by atoms with van der Waals surface area (Å²) in [5.74, 6) is 5.21. The molecule has 8 nitrogen and oxygen atoms in total. The van der Waals surface area contributed by atoms with Crippen LogP contribution >= 0.6 is 0 Å². The predicted octanol–water partition coefficient (Wildman–Crippen LogP) is 3.46. The quantitative estimate of drug-likeness (QED) is 0.211. The van der Waals surface area contributed by atoms with Gasteiger partial charge in [-0.3, -0.25) is 14.8 Å². The third-order valence-electron chi connectivity index (χ3n) is 6.79. The Hall–Kier alpha value is -3.95. The number of hydrogen-bond donors (Lipinski definition) is 4. The molecule has 3 aromatic rings. The Labute approximate surface area is 215 Å². The fourth-order valence-corrected chi connectivity index (χ4v) is 4.82. The number of carbonyl (C=O) groups is 2. The lowest BCUT2D eigenvalue weighted by Gasteiger charge is -2.37. The molecule has 194 valence electrons. The normalized spacial score (nSPS) is 16.9. The molecule has 0 spiro atoms. The Morgan fingerprint density at radius 1 is 1.11 bits per heavy atom. The first-order valence-corrected chi connectivity index (χ1v) is 12.3. The highest BCUT2D eigenvalue weighted by atomic mass is 19.1. The second kappa shape index (κ2) is 11.9. The molecular formula is C28H32FN5O3. The van der Waals surface area contributed by atoms with Crippen molar-refractivity contribution < 1.29 is 19.2 Å². The number of nitrogens with two attached hydrogens (primary N) is 2. The molecule has 0 aliphatic carbocycles. The van der Waals surface area contributed by atoms with E-state index in [2.05, 4.69) is 0 Å². The average Bonchev–Trinajstić information content (AvgIpc) is 2.92. The zero-order valence-electron chi connectivity index (χ0n) is 20.5. The molecule has 9 heteroatoms. The van der Waals surface area contributed by atoms with E-state index in [-0.39, 0.29) is 18.4 Å². The maximum atomic E-state index is 13.3. The lowest BCUT2D eigenvalue weighted by molar-refractivity contribution is -0.130. The summed E-state index contributed by atoms with van der Waals surface area (Å²) in [6, 6.07) is 18.6. The topological polar surface area (TPSA) is 125 Å². The number of hydrogen-bond acceptors (Lipinski definition) is 6. The van der Waals surface area contributed by atoms with E-state index in [1.54, 1.807) is 16.6 Å². The van der Waals surface area contributed by atoms with E-state index in [9.17, 15) is 14.0 Å². The van der Waals surface area contributed by atoms with Gasteiger partial charge in [-0.1, -0.05) is 42.5 Å². The van der Waals surface area contributed by atoms with Crippen molar-refractivity contribution in [2.24, 2.45) is 11.6 Å². The molecule has 2 amide bonds. The van der Waals surface area contributed by atoms with Crippen molar-refractivity contribution in [3.05, 3.63) is 95.6 Å². The number of halogens is 1. The molecular weight excluding hydrogens is 473 g/mol. The van der Waals surface area contributed by atoms with Gasteiger partial charge < -0.3 is 15.6 Å². The lowest BCUT2D eigenvalue weighted by atomic mass is 9.97. The lowest BCUT2D eigenvalue weighted by Crippen LogP contribution is -2.48. The summed E-state index contributed by atoms with van der Waals surface area (Å²) in [7, 11) is 0. The van der Waals surface area contributed by atoms with Gasteiger partial charge in [0.15, 0.2) is 0 Å². The summed E-state index contributed by atoms with van der Waals surface area (Å²) in [5, 5.41) is 12.7. The zero-order valence-corrected chi connectivity index (χ0v) is 20.5. The van der Waals surface area contributed by atoms with Gasteiger partial charge in [-0.2, -0.15) is 0 Å². The minimum atomic E-state index is -0.570. The Kier molecular flexibility index (Phi) is 8.37. The van der Waals surface area contributed by atoms with Crippen LogP contribution in [0.5, 0.6) is 0 Å². The number of piperidine rings is 1. The maximum absolute atomic E-state index is 13.3. The molecule has 1 heterocycles. The highest BCUT2D eigenvalue weighted by Gasteiger charge is 2.30. The Morgan fingerprint density at radius 3 is 2.57 bits per heavy atom. The number of carbonyl (C=O) groups excluding carboxylic acids is 2. The van der Waals surface area contributed by atoms with Crippen LogP contribution in [-0.4, -0.2) is 45.6 Å². The van der Waals surface area contributed by atoms with Gasteiger partial charge in [0.25, 0.3) is 5.91 Å². The van der Waals surface area contributed by atoms with Crippen LogP contribution in [0.4, 0.5) is 4.39 Å².